The number of benzene rings is 1. The molecule has 7 heteroatoms. The maximum absolute atomic E-state index is 12.2. The van der Waals surface area contributed by atoms with Gasteiger partial charge in [-0.15, -0.1) is 11.3 Å². The summed E-state index contributed by atoms with van der Waals surface area (Å²) in [6.45, 7) is 5.67. The number of nitrogens with zero attached hydrogens (tertiary/aromatic N) is 1. The zero-order valence-corrected chi connectivity index (χ0v) is 14.7. The smallest absolute Gasteiger partial charge is 0.271 e. The minimum absolute atomic E-state index is 0.299. The van der Waals surface area contributed by atoms with E-state index in [-0.39, 0.29) is 0 Å². The van der Waals surface area contributed by atoms with Crippen LogP contribution in [0.3, 0.4) is 0 Å². The Bertz CT molecular complexity index is 732. The number of hydrogen-bond donors (Lipinski definition) is 1. The molecule has 0 bridgehead atoms. The average Bonchev–Trinajstić information content (AvgIpc) is 3.04. The Morgan fingerprint density at radius 2 is 1.78 bits per heavy atom. The lowest BCUT2D eigenvalue weighted by Crippen LogP contribution is -2.49. The van der Waals surface area contributed by atoms with E-state index in [9.17, 15) is 8.42 Å². The van der Waals surface area contributed by atoms with Gasteiger partial charge in [0.25, 0.3) is 10.0 Å². The molecule has 2 unspecified atom stereocenters. The summed E-state index contributed by atoms with van der Waals surface area (Å²) in [6, 6.07) is 11.4. The molecule has 0 radical (unpaired) electrons. The lowest BCUT2D eigenvalue weighted by Gasteiger charge is -2.40. The summed E-state index contributed by atoms with van der Waals surface area (Å²) in [5.41, 5.74) is 1.64. The van der Waals surface area contributed by atoms with Crippen LogP contribution >= 0.6 is 11.3 Å². The Kier molecular flexibility index (Phi) is 4.61. The van der Waals surface area contributed by atoms with Gasteiger partial charge in [-0.05, 0) is 49.6 Å². The fraction of sp³-hybridized carbons (Fsp3) is 0.375. The highest BCUT2D eigenvalue weighted by molar-refractivity contribution is 7.94. The van der Waals surface area contributed by atoms with Crippen molar-refractivity contribution in [2.24, 2.45) is 0 Å². The highest BCUT2D eigenvalue weighted by Crippen LogP contribution is 2.26. The quantitative estimate of drug-likeness (QED) is 0.918. The monoisotopic (exact) mass is 352 g/mol. The Morgan fingerprint density at radius 3 is 2.35 bits per heavy atom. The van der Waals surface area contributed by atoms with E-state index in [1.807, 2.05) is 12.1 Å². The largest absolute Gasteiger partial charge is 0.377 e. The van der Waals surface area contributed by atoms with Crippen molar-refractivity contribution < 1.29 is 13.2 Å². The molecule has 0 amide bonds. The molecule has 1 fully saturated rings. The molecular weight excluding hydrogens is 332 g/mol. The van der Waals surface area contributed by atoms with Crippen molar-refractivity contribution in [3.63, 3.8) is 0 Å². The Balaban J connectivity index is 1.77. The van der Waals surface area contributed by atoms with Crippen LogP contribution in [0.25, 0.3) is 0 Å². The van der Waals surface area contributed by atoms with Gasteiger partial charge in [-0.25, -0.2) is 8.42 Å². The van der Waals surface area contributed by atoms with E-state index in [0.29, 0.717) is 35.2 Å². The van der Waals surface area contributed by atoms with Crippen LogP contribution in [0.2, 0.25) is 0 Å². The van der Waals surface area contributed by atoms with E-state index in [0.717, 1.165) is 5.69 Å². The highest BCUT2D eigenvalue weighted by atomic mass is 32.2. The first-order valence-corrected chi connectivity index (χ1v) is 9.86. The van der Waals surface area contributed by atoms with Crippen molar-refractivity contribution in [2.75, 3.05) is 22.8 Å². The Hall–Kier alpha value is -1.57. The van der Waals surface area contributed by atoms with E-state index in [1.165, 1.54) is 11.3 Å². The summed E-state index contributed by atoms with van der Waals surface area (Å²) in [4.78, 5) is 2.31. The third kappa shape index (κ3) is 3.52. The van der Waals surface area contributed by atoms with Crippen molar-refractivity contribution in [2.45, 2.75) is 30.1 Å². The minimum Gasteiger partial charge on any atom is -0.377 e. The zero-order chi connectivity index (χ0) is 16.4. The number of ether oxygens (including phenoxy) is 1. The van der Waals surface area contributed by atoms with Crippen molar-refractivity contribution >= 4 is 32.7 Å². The van der Waals surface area contributed by atoms with Crippen LogP contribution in [0.15, 0.2) is 46.0 Å². The van der Waals surface area contributed by atoms with E-state index in [1.54, 1.807) is 29.6 Å². The molecule has 3 rings (SSSR count). The molecule has 1 N–H and O–H groups in total. The number of hydrogen-bond acceptors (Lipinski definition) is 5. The first-order valence-electron chi connectivity index (χ1n) is 7.50. The van der Waals surface area contributed by atoms with Gasteiger partial charge in [-0.3, -0.25) is 4.72 Å². The first kappa shape index (κ1) is 16.3. The van der Waals surface area contributed by atoms with Crippen molar-refractivity contribution in [1.82, 2.24) is 0 Å². The van der Waals surface area contributed by atoms with E-state index >= 15 is 0 Å². The second-order valence-corrected chi connectivity index (χ2v) is 8.58. The van der Waals surface area contributed by atoms with Gasteiger partial charge >= 0.3 is 0 Å². The van der Waals surface area contributed by atoms with Gasteiger partial charge in [0.15, 0.2) is 0 Å². The summed E-state index contributed by atoms with van der Waals surface area (Å²) < 4.78 is 32.9. The van der Waals surface area contributed by atoms with Crippen molar-refractivity contribution in [3.8, 4) is 0 Å². The van der Waals surface area contributed by atoms with Crippen LogP contribution in [-0.4, -0.2) is 33.7 Å². The van der Waals surface area contributed by atoms with Gasteiger partial charge < -0.3 is 9.64 Å². The summed E-state index contributed by atoms with van der Waals surface area (Å²) in [5, 5.41) is 1.75. The lowest BCUT2D eigenvalue weighted by molar-refractivity contribution is 0.0757. The van der Waals surface area contributed by atoms with E-state index in [2.05, 4.69) is 23.5 Å². The van der Waals surface area contributed by atoms with Gasteiger partial charge in [0.2, 0.25) is 0 Å². The summed E-state index contributed by atoms with van der Waals surface area (Å²) in [5.74, 6) is 0. The maximum Gasteiger partial charge on any atom is 0.271 e. The molecule has 0 saturated carbocycles. The molecule has 124 valence electrons. The van der Waals surface area contributed by atoms with Gasteiger partial charge in [0.1, 0.15) is 4.21 Å². The van der Waals surface area contributed by atoms with Crippen molar-refractivity contribution in [3.05, 3.63) is 41.8 Å². The second kappa shape index (κ2) is 6.51. The second-order valence-electron chi connectivity index (χ2n) is 5.73. The number of sulfonamides is 1. The summed E-state index contributed by atoms with van der Waals surface area (Å²) in [7, 11) is -3.49. The predicted octanol–water partition coefficient (Wildman–Crippen LogP) is 3.16. The summed E-state index contributed by atoms with van der Waals surface area (Å²) in [6.07, 6.45) is 0. The standard InChI is InChI=1S/C16H20N2O3S2/c1-12-10-21-11-13(2)18(12)15-7-5-14(6-8-15)17-23(19,20)16-4-3-9-22-16/h3-9,12-13,17H,10-11H2,1-2H3. The third-order valence-corrected chi connectivity index (χ3v) is 6.62. The topological polar surface area (TPSA) is 58.6 Å². The Morgan fingerprint density at radius 1 is 1.13 bits per heavy atom. The molecule has 1 aromatic heterocycles. The van der Waals surface area contributed by atoms with Crippen LogP contribution in [0.4, 0.5) is 11.4 Å². The van der Waals surface area contributed by atoms with Gasteiger partial charge in [-0.2, -0.15) is 0 Å². The molecule has 0 spiro atoms. The molecule has 5 nitrogen and oxygen atoms in total. The van der Waals surface area contributed by atoms with Crippen molar-refractivity contribution in [1.29, 1.82) is 0 Å². The predicted molar refractivity (Wildman–Crippen MR) is 93.8 cm³/mol. The molecule has 0 aliphatic carbocycles. The molecule has 1 saturated heterocycles. The molecule has 2 heterocycles. The molecule has 2 atom stereocenters. The van der Waals surface area contributed by atoms with Crippen LogP contribution in [-0.2, 0) is 14.8 Å². The fourth-order valence-corrected chi connectivity index (χ4v) is 4.89. The van der Waals surface area contributed by atoms with E-state index < -0.39 is 10.0 Å². The summed E-state index contributed by atoms with van der Waals surface area (Å²) >= 11 is 1.20. The van der Waals surface area contributed by atoms with Crippen LogP contribution in [0, 0.1) is 0 Å². The number of anilines is 2. The number of thiophene rings is 1. The van der Waals surface area contributed by atoms with Crippen LogP contribution < -0.4 is 9.62 Å². The Labute approximate surface area is 140 Å². The number of rotatable bonds is 4. The zero-order valence-electron chi connectivity index (χ0n) is 13.1. The highest BCUT2D eigenvalue weighted by Gasteiger charge is 2.25. The van der Waals surface area contributed by atoms with E-state index in [4.69, 9.17) is 4.74 Å². The van der Waals surface area contributed by atoms with Gasteiger partial charge in [-0.1, -0.05) is 6.07 Å². The maximum atomic E-state index is 12.2. The first-order chi connectivity index (χ1) is 11.0. The van der Waals surface area contributed by atoms with Gasteiger partial charge in [0, 0.05) is 23.5 Å². The molecular formula is C16H20N2O3S2. The average molecular weight is 352 g/mol. The number of nitrogens with one attached hydrogen (secondary N) is 1. The SMILES string of the molecule is CC1COCC(C)N1c1ccc(NS(=O)(=O)c2cccs2)cc1. The lowest BCUT2D eigenvalue weighted by atomic mass is 10.1. The fourth-order valence-electron chi connectivity index (χ4n) is 2.84. The molecule has 23 heavy (non-hydrogen) atoms. The molecule has 1 aliphatic heterocycles. The third-order valence-electron chi connectivity index (χ3n) is 3.85. The van der Waals surface area contributed by atoms with Crippen LogP contribution in [0.1, 0.15) is 13.8 Å². The minimum atomic E-state index is -3.49. The normalized spacial score (nSPS) is 22.1. The van der Waals surface area contributed by atoms with Crippen LogP contribution in [0.5, 0.6) is 0 Å². The molecule has 2 aromatic rings. The van der Waals surface area contributed by atoms with Gasteiger partial charge in [0.05, 0.1) is 13.2 Å². The molecule has 1 aromatic carbocycles. The number of morpholine rings is 1. The molecule has 1 aliphatic rings.